The van der Waals surface area contributed by atoms with Crippen molar-refractivity contribution < 1.29 is 14.3 Å². The van der Waals surface area contributed by atoms with E-state index in [1.54, 1.807) is 41.2 Å². The summed E-state index contributed by atoms with van der Waals surface area (Å²) in [5.74, 6) is 0.736. The fourth-order valence-electron chi connectivity index (χ4n) is 2.89. The van der Waals surface area contributed by atoms with Crippen LogP contribution in [-0.4, -0.2) is 54.4 Å². The molecule has 0 bridgehead atoms. The van der Waals surface area contributed by atoms with Gasteiger partial charge in [-0.3, -0.25) is 4.79 Å². The quantitative estimate of drug-likeness (QED) is 0.786. The molecule has 5 nitrogen and oxygen atoms in total. The molecule has 1 aliphatic heterocycles. The number of ether oxygens (including phenoxy) is 1. The lowest BCUT2D eigenvalue weighted by Crippen LogP contribution is -2.47. The highest BCUT2D eigenvalue weighted by molar-refractivity contribution is 6.02. The van der Waals surface area contributed by atoms with Crippen LogP contribution in [0.1, 0.15) is 37.0 Å². The zero-order chi connectivity index (χ0) is 16.1. The summed E-state index contributed by atoms with van der Waals surface area (Å²) in [5, 5.41) is 0. The lowest BCUT2D eigenvalue weighted by molar-refractivity contribution is 0.0862. The van der Waals surface area contributed by atoms with E-state index in [0.29, 0.717) is 25.2 Å². The van der Waals surface area contributed by atoms with Crippen LogP contribution in [0.2, 0.25) is 0 Å². The monoisotopic (exact) mass is 304 g/mol. The van der Waals surface area contributed by atoms with Gasteiger partial charge in [-0.2, -0.15) is 0 Å². The molecule has 1 heterocycles. The lowest BCUT2D eigenvalue weighted by atomic mass is 10.0. The number of nitrogens with zero attached hydrogens (tertiary/aromatic N) is 2. The number of hydrogen-bond acceptors (Lipinski definition) is 3. The number of likely N-dealkylation sites (tertiary alicyclic amines) is 1. The standard InChI is InChI=1S/C17H24N2O3/c1-4-18(5-2)17(21)19-12-6-7-15(19)16(20)13-8-10-14(22-3)11-9-13/h8-11,15H,4-7,12H2,1-3H3. The molecular weight excluding hydrogens is 280 g/mol. The van der Waals surface area contributed by atoms with E-state index < -0.39 is 0 Å². The third-order valence-corrected chi connectivity index (χ3v) is 4.21. The van der Waals surface area contributed by atoms with Crippen molar-refractivity contribution >= 4 is 11.8 Å². The Bertz CT molecular complexity index is 523. The Hall–Kier alpha value is -2.04. The Balaban J connectivity index is 2.15. The van der Waals surface area contributed by atoms with E-state index in [-0.39, 0.29) is 17.9 Å². The molecule has 2 rings (SSSR count). The second-order valence-corrected chi connectivity index (χ2v) is 5.40. The molecular formula is C17H24N2O3. The molecule has 1 atom stereocenters. The van der Waals surface area contributed by atoms with Gasteiger partial charge in [0.1, 0.15) is 5.75 Å². The maximum absolute atomic E-state index is 12.7. The first-order chi connectivity index (χ1) is 10.6. The number of amides is 2. The van der Waals surface area contributed by atoms with Crippen LogP contribution in [0.5, 0.6) is 5.75 Å². The van der Waals surface area contributed by atoms with Crippen molar-refractivity contribution in [2.45, 2.75) is 32.7 Å². The van der Waals surface area contributed by atoms with E-state index in [9.17, 15) is 9.59 Å². The van der Waals surface area contributed by atoms with Crippen LogP contribution in [0.4, 0.5) is 4.79 Å². The first-order valence-electron chi connectivity index (χ1n) is 7.86. The minimum atomic E-state index is -0.346. The lowest BCUT2D eigenvalue weighted by Gasteiger charge is -2.30. The summed E-state index contributed by atoms with van der Waals surface area (Å²) in [6.45, 7) is 5.89. The molecule has 1 unspecified atom stereocenters. The van der Waals surface area contributed by atoms with Gasteiger partial charge in [0.25, 0.3) is 0 Å². The Morgan fingerprint density at radius 3 is 2.41 bits per heavy atom. The van der Waals surface area contributed by atoms with Gasteiger partial charge < -0.3 is 14.5 Å². The molecule has 5 heteroatoms. The number of hydrogen-bond donors (Lipinski definition) is 0. The zero-order valence-corrected chi connectivity index (χ0v) is 13.5. The van der Waals surface area contributed by atoms with Gasteiger partial charge in [0.05, 0.1) is 13.2 Å². The van der Waals surface area contributed by atoms with Crippen LogP contribution in [0.25, 0.3) is 0 Å². The Morgan fingerprint density at radius 1 is 1.23 bits per heavy atom. The maximum atomic E-state index is 12.7. The number of methoxy groups -OCH3 is 1. The van der Waals surface area contributed by atoms with Crippen LogP contribution >= 0.6 is 0 Å². The van der Waals surface area contributed by atoms with E-state index in [4.69, 9.17) is 4.74 Å². The van der Waals surface area contributed by atoms with Gasteiger partial charge in [-0.1, -0.05) is 0 Å². The summed E-state index contributed by atoms with van der Waals surface area (Å²) >= 11 is 0. The molecule has 120 valence electrons. The van der Waals surface area contributed by atoms with Crippen LogP contribution in [0.15, 0.2) is 24.3 Å². The molecule has 1 aromatic carbocycles. The van der Waals surface area contributed by atoms with Gasteiger partial charge in [-0.05, 0) is 51.0 Å². The summed E-state index contributed by atoms with van der Waals surface area (Å²) < 4.78 is 5.11. The molecule has 0 N–H and O–H groups in total. The number of carbonyl (C=O) groups excluding carboxylic acids is 2. The first kappa shape index (κ1) is 16.3. The van der Waals surface area contributed by atoms with Crippen molar-refractivity contribution in [3.05, 3.63) is 29.8 Å². The van der Waals surface area contributed by atoms with Crippen LogP contribution < -0.4 is 4.74 Å². The number of urea groups is 1. The molecule has 0 saturated carbocycles. The smallest absolute Gasteiger partial charge is 0.320 e. The van der Waals surface area contributed by atoms with Gasteiger partial charge in [0.15, 0.2) is 5.78 Å². The summed E-state index contributed by atoms with van der Waals surface area (Å²) in [4.78, 5) is 28.7. The number of ketones is 1. The van der Waals surface area contributed by atoms with Crippen molar-refractivity contribution in [1.29, 1.82) is 0 Å². The van der Waals surface area contributed by atoms with Crippen molar-refractivity contribution in [1.82, 2.24) is 9.80 Å². The van der Waals surface area contributed by atoms with Gasteiger partial charge in [-0.25, -0.2) is 4.79 Å². The summed E-state index contributed by atoms with van der Waals surface area (Å²) in [6, 6.07) is 6.70. The molecule has 0 aliphatic carbocycles. The average molecular weight is 304 g/mol. The summed E-state index contributed by atoms with van der Waals surface area (Å²) in [7, 11) is 1.60. The molecule has 0 spiro atoms. The highest BCUT2D eigenvalue weighted by Crippen LogP contribution is 2.23. The molecule has 1 fully saturated rings. The minimum absolute atomic E-state index is 0.0145. The van der Waals surface area contributed by atoms with Gasteiger partial charge in [0, 0.05) is 25.2 Å². The molecule has 0 radical (unpaired) electrons. The Kier molecular flexibility index (Phi) is 5.41. The molecule has 1 saturated heterocycles. The third-order valence-electron chi connectivity index (χ3n) is 4.21. The second kappa shape index (κ2) is 7.29. The number of benzene rings is 1. The van der Waals surface area contributed by atoms with Crippen molar-refractivity contribution in [2.75, 3.05) is 26.7 Å². The van der Waals surface area contributed by atoms with Crippen molar-refractivity contribution in [2.24, 2.45) is 0 Å². The third kappa shape index (κ3) is 3.24. The fourth-order valence-corrected chi connectivity index (χ4v) is 2.89. The van der Waals surface area contributed by atoms with E-state index in [2.05, 4.69) is 0 Å². The van der Waals surface area contributed by atoms with Gasteiger partial charge in [-0.15, -0.1) is 0 Å². The van der Waals surface area contributed by atoms with Gasteiger partial charge in [0.2, 0.25) is 0 Å². The SMILES string of the molecule is CCN(CC)C(=O)N1CCCC1C(=O)c1ccc(OC)cc1. The summed E-state index contributed by atoms with van der Waals surface area (Å²) in [6.07, 6.45) is 1.61. The van der Waals surface area contributed by atoms with E-state index >= 15 is 0 Å². The molecule has 1 aromatic rings. The number of Topliss-reactive ketones (excluding diaryl/α,β-unsaturated/α-hetero) is 1. The van der Waals surface area contributed by atoms with Crippen LogP contribution in [-0.2, 0) is 0 Å². The van der Waals surface area contributed by atoms with E-state index in [0.717, 1.165) is 18.6 Å². The first-order valence-corrected chi connectivity index (χ1v) is 7.86. The van der Waals surface area contributed by atoms with Gasteiger partial charge >= 0.3 is 6.03 Å². The minimum Gasteiger partial charge on any atom is -0.497 e. The second-order valence-electron chi connectivity index (χ2n) is 5.40. The predicted octanol–water partition coefficient (Wildman–Crippen LogP) is 2.80. The topological polar surface area (TPSA) is 49.9 Å². The average Bonchev–Trinajstić information content (AvgIpc) is 3.04. The van der Waals surface area contributed by atoms with Crippen molar-refractivity contribution in [3.8, 4) is 5.75 Å². The molecule has 22 heavy (non-hydrogen) atoms. The maximum Gasteiger partial charge on any atom is 0.320 e. The van der Waals surface area contributed by atoms with Crippen molar-refractivity contribution in [3.63, 3.8) is 0 Å². The Morgan fingerprint density at radius 2 is 1.86 bits per heavy atom. The van der Waals surface area contributed by atoms with Crippen LogP contribution in [0.3, 0.4) is 0 Å². The molecule has 1 aliphatic rings. The largest absolute Gasteiger partial charge is 0.497 e. The fraction of sp³-hybridized carbons (Fsp3) is 0.529. The number of carbonyl (C=O) groups is 2. The highest BCUT2D eigenvalue weighted by atomic mass is 16.5. The normalized spacial score (nSPS) is 17.4. The predicted molar refractivity (Wildman–Crippen MR) is 85.4 cm³/mol. The highest BCUT2D eigenvalue weighted by Gasteiger charge is 2.35. The molecule has 2 amide bonds. The Labute approximate surface area is 131 Å². The number of rotatable bonds is 5. The van der Waals surface area contributed by atoms with Crippen LogP contribution in [0, 0.1) is 0 Å². The zero-order valence-electron chi connectivity index (χ0n) is 13.5. The summed E-state index contributed by atoms with van der Waals surface area (Å²) in [5.41, 5.74) is 0.630. The van der Waals surface area contributed by atoms with E-state index in [1.165, 1.54) is 0 Å². The van der Waals surface area contributed by atoms with E-state index in [1.807, 2.05) is 13.8 Å². The molecule has 0 aromatic heterocycles.